The maximum atomic E-state index is 12.8. The van der Waals surface area contributed by atoms with E-state index in [0.29, 0.717) is 18.4 Å². The Morgan fingerprint density at radius 1 is 1.11 bits per heavy atom. The maximum Gasteiger partial charge on any atom is 0.157 e. The highest BCUT2D eigenvalue weighted by Crippen LogP contribution is 2.30. The van der Waals surface area contributed by atoms with Crippen molar-refractivity contribution in [3.63, 3.8) is 0 Å². The second kappa shape index (κ2) is 5.59. The number of benzene rings is 1. The zero-order valence-corrected chi connectivity index (χ0v) is 11.6. The highest BCUT2D eigenvalue weighted by Gasteiger charge is 2.34. The third kappa shape index (κ3) is 4.28. The van der Waals surface area contributed by atoms with Gasteiger partial charge in [-0.2, -0.15) is 0 Å². The molecular formula is C14H19FO3S. The van der Waals surface area contributed by atoms with Crippen LogP contribution in [0.25, 0.3) is 0 Å². The first-order valence-corrected chi connectivity index (χ1v) is 8.38. The molecule has 3 nitrogen and oxygen atoms in total. The molecule has 1 aliphatic carbocycles. The van der Waals surface area contributed by atoms with Crippen molar-refractivity contribution in [2.75, 3.05) is 5.75 Å². The molecule has 0 aliphatic heterocycles. The second-order valence-electron chi connectivity index (χ2n) is 5.44. The van der Waals surface area contributed by atoms with E-state index < -0.39 is 15.4 Å². The monoisotopic (exact) mass is 286 g/mol. The summed E-state index contributed by atoms with van der Waals surface area (Å²) in [6.45, 7) is 0. The van der Waals surface area contributed by atoms with Gasteiger partial charge in [-0.15, -0.1) is 0 Å². The number of hydrogen-bond donors (Lipinski definition) is 1. The average molecular weight is 286 g/mol. The Bertz CT molecular complexity index is 516. The van der Waals surface area contributed by atoms with Gasteiger partial charge in [0.15, 0.2) is 9.84 Å². The van der Waals surface area contributed by atoms with E-state index in [1.54, 1.807) is 0 Å². The Hall–Kier alpha value is -0.940. The summed E-state index contributed by atoms with van der Waals surface area (Å²) in [6.07, 6.45) is 3.91. The molecule has 0 atom stereocenters. The molecule has 1 saturated carbocycles. The fourth-order valence-electron chi connectivity index (χ4n) is 2.65. The summed E-state index contributed by atoms with van der Waals surface area (Å²) in [6, 6.07) is 5.44. The fraction of sp³-hybridized carbons (Fsp3) is 0.571. The van der Waals surface area contributed by atoms with Crippen molar-refractivity contribution in [1.29, 1.82) is 0 Å². The van der Waals surface area contributed by atoms with E-state index in [0.717, 1.165) is 19.3 Å². The second-order valence-corrected chi connectivity index (χ2v) is 7.51. The first kappa shape index (κ1) is 14.5. The topological polar surface area (TPSA) is 54.4 Å². The molecule has 0 saturated heterocycles. The SMILES string of the molecule is O=S(=O)(Cc1ccc(F)cc1)CC1(O)CCCCC1. The lowest BCUT2D eigenvalue weighted by molar-refractivity contribution is 0.0257. The van der Waals surface area contributed by atoms with Crippen LogP contribution in [-0.2, 0) is 15.6 Å². The normalized spacial score (nSPS) is 19.3. The quantitative estimate of drug-likeness (QED) is 0.925. The first-order chi connectivity index (χ1) is 8.89. The van der Waals surface area contributed by atoms with Crippen molar-refractivity contribution < 1.29 is 17.9 Å². The molecular weight excluding hydrogens is 267 g/mol. The predicted octanol–water partition coefficient (Wildman–Crippen LogP) is 2.44. The van der Waals surface area contributed by atoms with E-state index in [1.807, 2.05) is 0 Å². The van der Waals surface area contributed by atoms with Crippen LogP contribution < -0.4 is 0 Å². The average Bonchev–Trinajstić information content (AvgIpc) is 2.31. The standard InChI is InChI=1S/C14H19FO3S/c15-13-6-4-12(5-7-13)10-19(17,18)11-14(16)8-2-1-3-9-14/h4-7,16H,1-3,8-11H2. The van der Waals surface area contributed by atoms with E-state index >= 15 is 0 Å². The molecule has 1 aromatic rings. The van der Waals surface area contributed by atoms with Gasteiger partial charge in [-0.3, -0.25) is 0 Å². The van der Waals surface area contributed by atoms with Crippen LogP contribution in [0.4, 0.5) is 4.39 Å². The molecule has 19 heavy (non-hydrogen) atoms. The van der Waals surface area contributed by atoms with Crippen LogP contribution >= 0.6 is 0 Å². The summed E-state index contributed by atoms with van der Waals surface area (Å²) in [4.78, 5) is 0. The summed E-state index contributed by atoms with van der Waals surface area (Å²) in [5.41, 5.74) is -0.516. The van der Waals surface area contributed by atoms with Gasteiger partial charge in [0.1, 0.15) is 5.82 Å². The molecule has 0 unspecified atom stereocenters. The predicted molar refractivity (Wildman–Crippen MR) is 71.9 cm³/mol. The third-order valence-electron chi connectivity index (χ3n) is 3.57. The van der Waals surface area contributed by atoms with E-state index in [-0.39, 0.29) is 17.3 Å². The number of hydrogen-bond acceptors (Lipinski definition) is 3. The van der Waals surface area contributed by atoms with Crippen molar-refractivity contribution in [3.05, 3.63) is 35.6 Å². The van der Waals surface area contributed by atoms with E-state index in [9.17, 15) is 17.9 Å². The number of halogens is 1. The lowest BCUT2D eigenvalue weighted by atomic mass is 9.86. The molecule has 0 aromatic heterocycles. The Morgan fingerprint density at radius 3 is 2.26 bits per heavy atom. The molecule has 1 aliphatic rings. The molecule has 0 amide bonds. The first-order valence-electron chi connectivity index (χ1n) is 6.56. The van der Waals surface area contributed by atoms with Gasteiger partial charge >= 0.3 is 0 Å². The summed E-state index contributed by atoms with van der Waals surface area (Å²) >= 11 is 0. The Labute approximate surface area is 113 Å². The zero-order valence-electron chi connectivity index (χ0n) is 10.8. The minimum absolute atomic E-state index is 0.143. The summed E-state index contributed by atoms with van der Waals surface area (Å²) in [5.74, 6) is -0.723. The van der Waals surface area contributed by atoms with Crippen LogP contribution in [0.15, 0.2) is 24.3 Å². The molecule has 1 aromatic carbocycles. The zero-order chi connectivity index (χ0) is 13.9. The van der Waals surface area contributed by atoms with Gasteiger partial charge in [-0.1, -0.05) is 31.4 Å². The number of aliphatic hydroxyl groups is 1. The van der Waals surface area contributed by atoms with Crippen molar-refractivity contribution in [2.24, 2.45) is 0 Å². The summed E-state index contributed by atoms with van der Waals surface area (Å²) < 4.78 is 37.0. The van der Waals surface area contributed by atoms with Crippen LogP contribution in [0.1, 0.15) is 37.7 Å². The van der Waals surface area contributed by atoms with E-state index in [2.05, 4.69) is 0 Å². The number of rotatable bonds is 4. The van der Waals surface area contributed by atoms with Gasteiger partial charge < -0.3 is 5.11 Å². The maximum absolute atomic E-state index is 12.8. The van der Waals surface area contributed by atoms with Crippen molar-refractivity contribution >= 4 is 9.84 Å². The molecule has 106 valence electrons. The van der Waals surface area contributed by atoms with Crippen LogP contribution in [-0.4, -0.2) is 24.9 Å². The van der Waals surface area contributed by atoms with Crippen LogP contribution in [0.2, 0.25) is 0 Å². The molecule has 5 heteroatoms. The van der Waals surface area contributed by atoms with Crippen molar-refractivity contribution in [1.82, 2.24) is 0 Å². The van der Waals surface area contributed by atoms with Gasteiger partial charge in [0.25, 0.3) is 0 Å². The van der Waals surface area contributed by atoms with Gasteiger partial charge in [0, 0.05) is 0 Å². The van der Waals surface area contributed by atoms with Gasteiger partial charge in [0.05, 0.1) is 17.1 Å². The molecule has 0 heterocycles. The highest BCUT2D eigenvalue weighted by atomic mass is 32.2. The summed E-state index contributed by atoms with van der Waals surface area (Å²) in [7, 11) is -3.38. The van der Waals surface area contributed by atoms with Gasteiger partial charge in [-0.25, -0.2) is 12.8 Å². The van der Waals surface area contributed by atoms with Crippen LogP contribution in [0.5, 0.6) is 0 Å². The minimum Gasteiger partial charge on any atom is -0.389 e. The van der Waals surface area contributed by atoms with Crippen LogP contribution in [0, 0.1) is 5.82 Å². The van der Waals surface area contributed by atoms with Crippen LogP contribution in [0.3, 0.4) is 0 Å². The lowest BCUT2D eigenvalue weighted by Gasteiger charge is -2.31. The fourth-order valence-corrected chi connectivity index (χ4v) is 4.56. The van der Waals surface area contributed by atoms with Crippen molar-refractivity contribution in [3.8, 4) is 0 Å². The van der Waals surface area contributed by atoms with Gasteiger partial charge in [0.2, 0.25) is 0 Å². The molecule has 0 spiro atoms. The highest BCUT2D eigenvalue weighted by molar-refractivity contribution is 7.90. The largest absolute Gasteiger partial charge is 0.389 e. The summed E-state index contributed by atoms with van der Waals surface area (Å²) in [5, 5.41) is 10.3. The van der Waals surface area contributed by atoms with E-state index in [1.165, 1.54) is 24.3 Å². The Kier molecular flexibility index (Phi) is 4.26. The molecule has 0 bridgehead atoms. The molecule has 1 N–H and O–H groups in total. The molecule has 2 rings (SSSR count). The minimum atomic E-state index is -3.38. The Morgan fingerprint density at radius 2 is 1.68 bits per heavy atom. The lowest BCUT2D eigenvalue weighted by Crippen LogP contribution is -2.39. The number of sulfone groups is 1. The van der Waals surface area contributed by atoms with Crippen molar-refractivity contribution in [2.45, 2.75) is 43.5 Å². The van der Waals surface area contributed by atoms with E-state index in [4.69, 9.17) is 0 Å². The smallest absolute Gasteiger partial charge is 0.157 e. The third-order valence-corrected chi connectivity index (χ3v) is 5.32. The Balaban J connectivity index is 2.04. The molecule has 1 fully saturated rings. The van der Waals surface area contributed by atoms with Gasteiger partial charge in [-0.05, 0) is 30.5 Å². The molecule has 0 radical (unpaired) electrons.